The van der Waals surface area contributed by atoms with Crippen LogP contribution in [0.25, 0.3) is 11.0 Å². The SMILES string of the molecule is COc1ccc(Cc2nc3c(OCC4CCCCC4)cccc3[nH]2)cc1. The summed E-state index contributed by atoms with van der Waals surface area (Å²) in [6.07, 6.45) is 7.40. The summed E-state index contributed by atoms with van der Waals surface area (Å²) in [7, 11) is 1.68. The van der Waals surface area contributed by atoms with Crippen LogP contribution in [-0.2, 0) is 6.42 Å². The maximum atomic E-state index is 6.15. The predicted molar refractivity (Wildman–Crippen MR) is 104 cm³/mol. The number of nitrogens with zero attached hydrogens (tertiary/aromatic N) is 1. The summed E-state index contributed by atoms with van der Waals surface area (Å²) >= 11 is 0. The highest BCUT2D eigenvalue weighted by atomic mass is 16.5. The molecule has 1 aliphatic rings. The lowest BCUT2D eigenvalue weighted by Gasteiger charge is -2.21. The average molecular weight is 350 g/mol. The fourth-order valence-electron chi connectivity index (χ4n) is 3.76. The second-order valence-electron chi connectivity index (χ2n) is 7.18. The first-order chi connectivity index (χ1) is 12.8. The molecule has 0 amide bonds. The largest absolute Gasteiger partial charge is 0.497 e. The Labute approximate surface area is 154 Å². The third-order valence-electron chi connectivity index (χ3n) is 5.25. The molecule has 0 saturated heterocycles. The highest BCUT2D eigenvalue weighted by Crippen LogP contribution is 2.28. The molecule has 1 heterocycles. The Morgan fingerprint density at radius 2 is 1.85 bits per heavy atom. The van der Waals surface area contributed by atoms with Crippen LogP contribution in [-0.4, -0.2) is 23.7 Å². The van der Waals surface area contributed by atoms with E-state index in [4.69, 9.17) is 14.5 Å². The zero-order valence-electron chi connectivity index (χ0n) is 15.3. The molecule has 0 unspecified atom stereocenters. The molecule has 0 radical (unpaired) electrons. The van der Waals surface area contributed by atoms with E-state index < -0.39 is 0 Å². The number of hydrogen-bond donors (Lipinski definition) is 1. The molecule has 1 fully saturated rings. The predicted octanol–water partition coefficient (Wildman–Crippen LogP) is 5.12. The van der Waals surface area contributed by atoms with Gasteiger partial charge in [-0.25, -0.2) is 4.98 Å². The number of aromatic nitrogens is 2. The Hall–Kier alpha value is -2.49. The highest BCUT2D eigenvalue weighted by Gasteiger charge is 2.15. The van der Waals surface area contributed by atoms with Gasteiger partial charge in [0.2, 0.25) is 0 Å². The molecule has 0 spiro atoms. The van der Waals surface area contributed by atoms with Gasteiger partial charge in [0.25, 0.3) is 0 Å². The zero-order valence-corrected chi connectivity index (χ0v) is 15.3. The maximum Gasteiger partial charge on any atom is 0.147 e. The van der Waals surface area contributed by atoms with E-state index in [1.165, 1.54) is 37.7 Å². The van der Waals surface area contributed by atoms with Gasteiger partial charge in [0.1, 0.15) is 22.8 Å². The summed E-state index contributed by atoms with van der Waals surface area (Å²) in [6.45, 7) is 0.805. The summed E-state index contributed by atoms with van der Waals surface area (Å²) in [5.74, 6) is 3.41. The maximum absolute atomic E-state index is 6.15. The van der Waals surface area contributed by atoms with Crippen molar-refractivity contribution in [3.05, 3.63) is 53.9 Å². The van der Waals surface area contributed by atoms with Crippen molar-refractivity contribution >= 4 is 11.0 Å². The minimum Gasteiger partial charge on any atom is -0.497 e. The van der Waals surface area contributed by atoms with E-state index in [0.29, 0.717) is 5.92 Å². The Bertz CT molecular complexity index is 848. The topological polar surface area (TPSA) is 47.1 Å². The lowest BCUT2D eigenvalue weighted by molar-refractivity contribution is 0.210. The molecule has 4 rings (SSSR count). The van der Waals surface area contributed by atoms with E-state index in [0.717, 1.165) is 41.4 Å². The van der Waals surface area contributed by atoms with E-state index >= 15 is 0 Å². The molecule has 0 bridgehead atoms. The number of aromatic amines is 1. The standard InChI is InChI=1S/C22H26N2O2/c1-25-18-12-10-16(11-13-18)14-21-23-19-8-5-9-20(22(19)24-21)26-15-17-6-3-2-4-7-17/h5,8-13,17H,2-4,6-7,14-15H2,1H3,(H,23,24). The van der Waals surface area contributed by atoms with Crippen LogP contribution in [0.1, 0.15) is 43.5 Å². The van der Waals surface area contributed by atoms with Crippen LogP contribution < -0.4 is 9.47 Å². The number of hydrogen-bond acceptors (Lipinski definition) is 3. The number of H-pyrrole nitrogens is 1. The van der Waals surface area contributed by atoms with Crippen molar-refractivity contribution in [2.24, 2.45) is 5.92 Å². The second kappa shape index (κ2) is 7.81. The van der Waals surface area contributed by atoms with Crippen molar-refractivity contribution in [2.45, 2.75) is 38.5 Å². The minimum atomic E-state index is 0.691. The van der Waals surface area contributed by atoms with Crippen molar-refractivity contribution in [2.75, 3.05) is 13.7 Å². The van der Waals surface area contributed by atoms with Crippen LogP contribution >= 0.6 is 0 Å². The van der Waals surface area contributed by atoms with Gasteiger partial charge in [-0.2, -0.15) is 0 Å². The fourth-order valence-corrected chi connectivity index (χ4v) is 3.76. The summed E-state index contributed by atoms with van der Waals surface area (Å²) in [6, 6.07) is 14.2. The molecule has 4 heteroatoms. The molecular formula is C22H26N2O2. The molecule has 136 valence electrons. The van der Waals surface area contributed by atoms with E-state index in [2.05, 4.69) is 23.2 Å². The van der Waals surface area contributed by atoms with Gasteiger partial charge in [-0.3, -0.25) is 0 Å². The van der Waals surface area contributed by atoms with Crippen molar-refractivity contribution < 1.29 is 9.47 Å². The third kappa shape index (κ3) is 3.85. The monoisotopic (exact) mass is 350 g/mol. The summed E-state index contributed by atoms with van der Waals surface area (Å²) < 4.78 is 11.4. The van der Waals surface area contributed by atoms with Crippen molar-refractivity contribution in [1.82, 2.24) is 9.97 Å². The van der Waals surface area contributed by atoms with Crippen LogP contribution in [0.5, 0.6) is 11.5 Å². The Morgan fingerprint density at radius 1 is 1.04 bits per heavy atom. The number of ether oxygens (including phenoxy) is 2. The Balaban J connectivity index is 1.48. The number of para-hydroxylation sites is 1. The van der Waals surface area contributed by atoms with Gasteiger partial charge in [0.15, 0.2) is 0 Å². The van der Waals surface area contributed by atoms with Gasteiger partial charge in [-0.1, -0.05) is 37.5 Å². The normalized spacial score (nSPS) is 15.3. The number of fused-ring (bicyclic) bond motifs is 1. The van der Waals surface area contributed by atoms with Crippen molar-refractivity contribution in [3.8, 4) is 11.5 Å². The Morgan fingerprint density at radius 3 is 2.62 bits per heavy atom. The van der Waals surface area contributed by atoms with Gasteiger partial charge in [-0.15, -0.1) is 0 Å². The quantitative estimate of drug-likeness (QED) is 0.671. The molecule has 1 saturated carbocycles. The minimum absolute atomic E-state index is 0.691. The van der Waals surface area contributed by atoms with Gasteiger partial charge in [-0.05, 0) is 48.6 Å². The molecule has 4 nitrogen and oxygen atoms in total. The lowest BCUT2D eigenvalue weighted by Crippen LogP contribution is -2.15. The summed E-state index contributed by atoms with van der Waals surface area (Å²) in [4.78, 5) is 8.23. The van der Waals surface area contributed by atoms with Gasteiger partial charge in [0, 0.05) is 6.42 Å². The van der Waals surface area contributed by atoms with E-state index in [1.54, 1.807) is 7.11 Å². The summed E-state index contributed by atoms with van der Waals surface area (Å²) in [5.41, 5.74) is 3.18. The van der Waals surface area contributed by atoms with Crippen LogP contribution in [0.4, 0.5) is 0 Å². The first-order valence-corrected chi connectivity index (χ1v) is 9.55. The number of benzene rings is 2. The average Bonchev–Trinajstić information content (AvgIpc) is 3.11. The van der Waals surface area contributed by atoms with Crippen LogP contribution in [0.15, 0.2) is 42.5 Å². The molecule has 1 aliphatic carbocycles. The number of methoxy groups -OCH3 is 1. The molecular weight excluding hydrogens is 324 g/mol. The summed E-state index contributed by atoms with van der Waals surface area (Å²) in [5, 5.41) is 0. The molecule has 0 aliphatic heterocycles. The molecule has 0 atom stereocenters. The molecule has 26 heavy (non-hydrogen) atoms. The molecule has 2 aromatic carbocycles. The van der Waals surface area contributed by atoms with Gasteiger partial charge < -0.3 is 14.5 Å². The highest BCUT2D eigenvalue weighted by molar-refractivity contribution is 5.81. The van der Waals surface area contributed by atoms with Crippen LogP contribution in [0, 0.1) is 5.92 Å². The van der Waals surface area contributed by atoms with Crippen LogP contribution in [0.2, 0.25) is 0 Å². The van der Waals surface area contributed by atoms with Crippen molar-refractivity contribution in [3.63, 3.8) is 0 Å². The van der Waals surface area contributed by atoms with Crippen LogP contribution in [0.3, 0.4) is 0 Å². The van der Waals surface area contributed by atoms with E-state index in [-0.39, 0.29) is 0 Å². The first-order valence-electron chi connectivity index (χ1n) is 9.55. The smallest absolute Gasteiger partial charge is 0.147 e. The van der Waals surface area contributed by atoms with Gasteiger partial charge in [0.05, 0.1) is 19.2 Å². The third-order valence-corrected chi connectivity index (χ3v) is 5.25. The molecule has 3 aromatic rings. The lowest BCUT2D eigenvalue weighted by atomic mass is 9.90. The number of rotatable bonds is 6. The van der Waals surface area contributed by atoms with E-state index in [9.17, 15) is 0 Å². The van der Waals surface area contributed by atoms with Gasteiger partial charge >= 0.3 is 0 Å². The molecule has 1 N–H and O–H groups in total. The first kappa shape index (κ1) is 17.0. The zero-order chi connectivity index (χ0) is 17.8. The fraction of sp³-hybridized carbons (Fsp3) is 0.409. The Kier molecular flexibility index (Phi) is 5.09. The van der Waals surface area contributed by atoms with E-state index in [1.807, 2.05) is 24.3 Å². The molecule has 1 aromatic heterocycles. The number of nitrogens with one attached hydrogen (secondary N) is 1. The van der Waals surface area contributed by atoms with Crippen molar-refractivity contribution in [1.29, 1.82) is 0 Å². The second-order valence-corrected chi connectivity index (χ2v) is 7.18. The number of imidazole rings is 1.